The van der Waals surface area contributed by atoms with Crippen molar-refractivity contribution >= 4 is 11.5 Å². The number of hydrogen-bond acceptors (Lipinski definition) is 2. The number of likely N-dealkylation sites (N-methyl/N-ethyl adjacent to an activating group) is 1. The first-order valence-corrected chi connectivity index (χ1v) is 7.06. The van der Waals surface area contributed by atoms with Gasteiger partial charge in [0.25, 0.3) is 0 Å². The monoisotopic (exact) mass is 267 g/mol. The van der Waals surface area contributed by atoms with Crippen molar-refractivity contribution in [3.05, 3.63) is 65.7 Å². The Morgan fingerprint density at radius 2 is 1.65 bits per heavy atom. The number of ketones is 1. The molecule has 0 saturated carbocycles. The van der Waals surface area contributed by atoms with Gasteiger partial charge in [0.1, 0.15) is 0 Å². The molecule has 0 N–H and O–H groups in total. The summed E-state index contributed by atoms with van der Waals surface area (Å²) < 4.78 is 0. The van der Waals surface area contributed by atoms with Gasteiger partial charge in [-0.05, 0) is 32.4 Å². The van der Waals surface area contributed by atoms with Crippen molar-refractivity contribution in [3.8, 4) is 0 Å². The molecule has 0 saturated heterocycles. The van der Waals surface area contributed by atoms with E-state index in [-0.39, 0.29) is 11.8 Å². The third-order valence-corrected chi connectivity index (χ3v) is 3.67. The van der Waals surface area contributed by atoms with Crippen LogP contribution in [0, 0.1) is 6.92 Å². The Morgan fingerprint density at radius 1 is 1.05 bits per heavy atom. The first-order chi connectivity index (χ1) is 9.65. The first kappa shape index (κ1) is 14.3. The van der Waals surface area contributed by atoms with Gasteiger partial charge in [-0.25, -0.2) is 0 Å². The number of para-hydroxylation sites is 1. The van der Waals surface area contributed by atoms with Gasteiger partial charge in [-0.2, -0.15) is 0 Å². The highest BCUT2D eigenvalue weighted by Gasteiger charge is 2.22. The smallest absolute Gasteiger partial charge is 0.184 e. The van der Waals surface area contributed by atoms with E-state index in [1.165, 1.54) is 5.56 Å². The molecule has 0 heterocycles. The maximum atomic E-state index is 12.6. The molecular formula is C18H21NO. The number of anilines is 1. The van der Waals surface area contributed by atoms with Crippen molar-refractivity contribution in [2.75, 3.05) is 11.4 Å². The van der Waals surface area contributed by atoms with E-state index in [0.717, 1.165) is 17.8 Å². The van der Waals surface area contributed by atoms with Crippen molar-refractivity contribution < 1.29 is 4.79 Å². The topological polar surface area (TPSA) is 20.3 Å². The molecule has 2 heteroatoms. The molecule has 0 aromatic heterocycles. The van der Waals surface area contributed by atoms with Crippen LogP contribution < -0.4 is 4.90 Å². The molecule has 2 aromatic carbocycles. The number of rotatable bonds is 5. The molecule has 0 aliphatic rings. The predicted molar refractivity (Wildman–Crippen MR) is 84.4 cm³/mol. The molecule has 0 bridgehead atoms. The summed E-state index contributed by atoms with van der Waals surface area (Å²) in [6, 6.07) is 17.5. The van der Waals surface area contributed by atoms with Gasteiger partial charge in [-0.3, -0.25) is 4.79 Å². The predicted octanol–water partition coefficient (Wildman–Crippen LogP) is 4.09. The molecule has 0 amide bonds. The average molecular weight is 267 g/mol. The molecule has 2 nitrogen and oxygen atoms in total. The highest BCUT2D eigenvalue weighted by molar-refractivity contribution is 6.01. The van der Waals surface area contributed by atoms with Crippen molar-refractivity contribution in [3.63, 3.8) is 0 Å². The van der Waals surface area contributed by atoms with Crippen molar-refractivity contribution in [2.24, 2.45) is 0 Å². The van der Waals surface area contributed by atoms with Crippen LogP contribution in [0.25, 0.3) is 0 Å². The van der Waals surface area contributed by atoms with Gasteiger partial charge < -0.3 is 4.90 Å². The number of carbonyl (C=O) groups excluding carboxylic acids is 1. The molecule has 2 aromatic rings. The summed E-state index contributed by atoms with van der Waals surface area (Å²) in [5.41, 5.74) is 3.10. The van der Waals surface area contributed by atoms with Gasteiger partial charge in [0.15, 0.2) is 5.78 Å². The Kier molecular flexibility index (Phi) is 4.57. The number of hydrogen-bond donors (Lipinski definition) is 0. The largest absolute Gasteiger partial charge is 0.361 e. The molecule has 0 aliphatic carbocycles. The number of carbonyl (C=O) groups is 1. The lowest BCUT2D eigenvalue weighted by atomic mass is 10.0. The number of aryl methyl sites for hydroxylation is 1. The summed E-state index contributed by atoms with van der Waals surface area (Å²) in [4.78, 5) is 14.7. The van der Waals surface area contributed by atoms with Gasteiger partial charge in [0.05, 0.1) is 6.04 Å². The Bertz CT molecular complexity index is 577. The van der Waals surface area contributed by atoms with Gasteiger partial charge in [0.2, 0.25) is 0 Å². The summed E-state index contributed by atoms with van der Waals surface area (Å²) in [7, 11) is 0. The summed E-state index contributed by atoms with van der Waals surface area (Å²) in [6.45, 7) is 6.95. The molecule has 1 atom stereocenters. The molecular weight excluding hydrogens is 246 g/mol. The molecule has 104 valence electrons. The van der Waals surface area contributed by atoms with E-state index >= 15 is 0 Å². The molecule has 20 heavy (non-hydrogen) atoms. The van der Waals surface area contributed by atoms with Crippen LogP contribution in [0.15, 0.2) is 54.6 Å². The van der Waals surface area contributed by atoms with Gasteiger partial charge in [-0.1, -0.05) is 48.5 Å². The Labute approximate surface area is 121 Å². The van der Waals surface area contributed by atoms with Crippen molar-refractivity contribution in [1.82, 2.24) is 0 Å². The minimum Gasteiger partial charge on any atom is -0.361 e. The SMILES string of the molecule is CCN(c1ccccc1C)C(C)C(=O)c1ccccc1. The highest BCUT2D eigenvalue weighted by atomic mass is 16.1. The third-order valence-electron chi connectivity index (χ3n) is 3.67. The standard InChI is InChI=1S/C18H21NO/c1-4-19(17-13-9-8-10-14(17)2)15(3)18(20)16-11-6-5-7-12-16/h5-13,15H,4H2,1-3H3. The van der Waals surface area contributed by atoms with E-state index < -0.39 is 0 Å². The van der Waals surface area contributed by atoms with E-state index in [1.807, 2.05) is 49.4 Å². The van der Waals surface area contributed by atoms with E-state index in [2.05, 4.69) is 30.9 Å². The summed E-state index contributed by atoms with van der Waals surface area (Å²) in [6.07, 6.45) is 0. The lowest BCUT2D eigenvalue weighted by Gasteiger charge is -2.30. The third kappa shape index (κ3) is 2.90. The van der Waals surface area contributed by atoms with Crippen LogP contribution in [-0.4, -0.2) is 18.4 Å². The first-order valence-electron chi connectivity index (χ1n) is 7.06. The van der Waals surface area contributed by atoms with Crippen LogP contribution in [0.1, 0.15) is 29.8 Å². The lowest BCUT2D eigenvalue weighted by molar-refractivity contribution is 0.0964. The fourth-order valence-electron chi connectivity index (χ4n) is 2.52. The minimum absolute atomic E-state index is 0.163. The summed E-state index contributed by atoms with van der Waals surface area (Å²) in [5, 5.41) is 0. The van der Waals surface area contributed by atoms with Crippen molar-refractivity contribution in [2.45, 2.75) is 26.8 Å². The zero-order chi connectivity index (χ0) is 14.5. The zero-order valence-electron chi connectivity index (χ0n) is 12.3. The summed E-state index contributed by atoms with van der Waals surface area (Å²) in [5.74, 6) is 0.163. The van der Waals surface area contributed by atoms with Gasteiger partial charge in [-0.15, -0.1) is 0 Å². The molecule has 0 fully saturated rings. The van der Waals surface area contributed by atoms with Crippen LogP contribution in [-0.2, 0) is 0 Å². The van der Waals surface area contributed by atoms with E-state index in [4.69, 9.17) is 0 Å². The second-order valence-electron chi connectivity index (χ2n) is 4.98. The van der Waals surface area contributed by atoms with E-state index in [0.29, 0.717) is 0 Å². The minimum atomic E-state index is -0.163. The van der Waals surface area contributed by atoms with Crippen LogP contribution >= 0.6 is 0 Å². The maximum Gasteiger partial charge on any atom is 0.184 e. The summed E-state index contributed by atoms with van der Waals surface area (Å²) >= 11 is 0. The van der Waals surface area contributed by atoms with E-state index in [1.54, 1.807) is 0 Å². The fraction of sp³-hybridized carbons (Fsp3) is 0.278. The van der Waals surface area contributed by atoms with E-state index in [9.17, 15) is 4.79 Å². The number of Topliss-reactive ketones (excluding diaryl/α,β-unsaturated/α-hetero) is 1. The highest BCUT2D eigenvalue weighted by Crippen LogP contribution is 2.23. The second-order valence-corrected chi connectivity index (χ2v) is 4.98. The Hall–Kier alpha value is -2.09. The normalized spacial score (nSPS) is 11.9. The lowest BCUT2D eigenvalue weighted by Crippen LogP contribution is -2.39. The average Bonchev–Trinajstić information content (AvgIpc) is 2.50. The molecule has 1 unspecified atom stereocenters. The zero-order valence-corrected chi connectivity index (χ0v) is 12.3. The maximum absolute atomic E-state index is 12.6. The Morgan fingerprint density at radius 3 is 2.25 bits per heavy atom. The van der Waals surface area contributed by atoms with Crippen molar-refractivity contribution in [1.29, 1.82) is 0 Å². The second kappa shape index (κ2) is 6.38. The van der Waals surface area contributed by atoms with Crippen LogP contribution in [0.2, 0.25) is 0 Å². The van der Waals surface area contributed by atoms with Gasteiger partial charge >= 0.3 is 0 Å². The number of benzene rings is 2. The van der Waals surface area contributed by atoms with Crippen LogP contribution in [0.3, 0.4) is 0 Å². The molecule has 0 aliphatic heterocycles. The van der Waals surface area contributed by atoms with Gasteiger partial charge in [0, 0.05) is 17.8 Å². The van der Waals surface area contributed by atoms with Crippen LogP contribution in [0.5, 0.6) is 0 Å². The quantitative estimate of drug-likeness (QED) is 0.760. The molecule has 2 rings (SSSR count). The Balaban J connectivity index is 2.28. The fourth-order valence-corrected chi connectivity index (χ4v) is 2.52. The molecule has 0 spiro atoms. The van der Waals surface area contributed by atoms with Crippen LogP contribution in [0.4, 0.5) is 5.69 Å². The number of nitrogens with zero attached hydrogens (tertiary/aromatic N) is 1. The molecule has 0 radical (unpaired) electrons.